The van der Waals surface area contributed by atoms with Crippen molar-refractivity contribution in [2.24, 2.45) is 34.5 Å². The summed E-state index contributed by atoms with van der Waals surface area (Å²) in [6, 6.07) is 0. The summed E-state index contributed by atoms with van der Waals surface area (Å²) in [6.45, 7) is 7.69. The Morgan fingerprint density at radius 1 is 1.05 bits per heavy atom. The SMILES string of the molecule is CCCC1CCC2C3CCC4CCCCC4(C)C3=CCC12C. The van der Waals surface area contributed by atoms with Crippen LogP contribution in [0.4, 0.5) is 0 Å². The van der Waals surface area contributed by atoms with Crippen molar-refractivity contribution in [3.8, 4) is 0 Å². The lowest BCUT2D eigenvalue weighted by molar-refractivity contribution is 0.0289. The zero-order valence-corrected chi connectivity index (χ0v) is 15.2. The highest BCUT2D eigenvalue weighted by molar-refractivity contribution is 5.28. The summed E-state index contributed by atoms with van der Waals surface area (Å²) < 4.78 is 0. The van der Waals surface area contributed by atoms with Gasteiger partial charge in [0.05, 0.1) is 0 Å². The Labute approximate surface area is 138 Å². The van der Waals surface area contributed by atoms with Gasteiger partial charge in [-0.15, -0.1) is 0 Å². The molecular formula is C22H36. The lowest BCUT2D eigenvalue weighted by Gasteiger charge is -2.56. The minimum Gasteiger partial charge on any atom is -0.0839 e. The summed E-state index contributed by atoms with van der Waals surface area (Å²) >= 11 is 0. The van der Waals surface area contributed by atoms with E-state index in [4.69, 9.17) is 0 Å². The molecule has 6 unspecified atom stereocenters. The molecule has 0 N–H and O–H groups in total. The highest BCUT2D eigenvalue weighted by Crippen LogP contribution is 2.65. The standard InChI is InChI=1S/C22H36/c1-4-7-16-10-12-19-18-11-9-17-8-5-6-14-21(17,2)20(18)13-15-22(16,19)3/h13,16-19H,4-12,14-15H2,1-3H3. The summed E-state index contributed by atoms with van der Waals surface area (Å²) in [5, 5.41) is 0. The van der Waals surface area contributed by atoms with Gasteiger partial charge in [0.25, 0.3) is 0 Å². The molecule has 0 heterocycles. The minimum atomic E-state index is 0.589. The molecule has 4 rings (SSSR count). The Balaban J connectivity index is 1.66. The summed E-state index contributed by atoms with van der Waals surface area (Å²) in [5.74, 6) is 4.00. The molecule has 124 valence electrons. The lowest BCUT2D eigenvalue weighted by atomic mass is 9.49. The Morgan fingerprint density at radius 2 is 1.91 bits per heavy atom. The number of hydrogen-bond acceptors (Lipinski definition) is 0. The van der Waals surface area contributed by atoms with Crippen LogP contribution in [0.25, 0.3) is 0 Å². The van der Waals surface area contributed by atoms with Crippen molar-refractivity contribution in [3.05, 3.63) is 11.6 Å². The van der Waals surface area contributed by atoms with Crippen molar-refractivity contribution < 1.29 is 0 Å². The first-order valence-corrected chi connectivity index (χ1v) is 10.3. The van der Waals surface area contributed by atoms with Gasteiger partial charge in [-0.3, -0.25) is 0 Å². The van der Waals surface area contributed by atoms with Gasteiger partial charge < -0.3 is 0 Å². The highest BCUT2D eigenvalue weighted by atomic mass is 14.6. The van der Waals surface area contributed by atoms with Gasteiger partial charge in [-0.2, -0.15) is 0 Å². The second kappa shape index (κ2) is 5.38. The molecule has 22 heavy (non-hydrogen) atoms. The fourth-order valence-electron chi connectivity index (χ4n) is 7.49. The molecule has 3 fully saturated rings. The Hall–Kier alpha value is -0.260. The Bertz CT molecular complexity index is 461. The summed E-state index contributed by atoms with van der Waals surface area (Å²) in [5.41, 5.74) is 3.18. The van der Waals surface area contributed by atoms with Gasteiger partial charge >= 0.3 is 0 Å². The van der Waals surface area contributed by atoms with Crippen molar-refractivity contribution in [1.29, 1.82) is 0 Å². The van der Waals surface area contributed by atoms with Crippen molar-refractivity contribution in [2.45, 2.75) is 91.4 Å². The first-order valence-electron chi connectivity index (χ1n) is 10.3. The van der Waals surface area contributed by atoms with E-state index < -0.39 is 0 Å². The molecule has 6 atom stereocenters. The molecule has 4 aliphatic rings. The quantitative estimate of drug-likeness (QED) is 0.494. The van der Waals surface area contributed by atoms with E-state index in [0.717, 1.165) is 23.7 Å². The molecule has 0 nitrogen and oxygen atoms in total. The Morgan fingerprint density at radius 3 is 2.73 bits per heavy atom. The molecule has 0 radical (unpaired) electrons. The van der Waals surface area contributed by atoms with Gasteiger partial charge in [-0.05, 0) is 79.4 Å². The van der Waals surface area contributed by atoms with Crippen LogP contribution in [0.3, 0.4) is 0 Å². The molecule has 0 aliphatic heterocycles. The highest BCUT2D eigenvalue weighted by Gasteiger charge is 2.56. The zero-order valence-electron chi connectivity index (χ0n) is 15.2. The summed E-state index contributed by atoms with van der Waals surface area (Å²) in [7, 11) is 0. The van der Waals surface area contributed by atoms with Gasteiger partial charge in [-0.1, -0.05) is 58.1 Å². The maximum absolute atomic E-state index is 2.78. The third-order valence-corrected chi connectivity index (χ3v) is 8.78. The number of allylic oxidation sites excluding steroid dienone is 2. The average molecular weight is 301 g/mol. The van der Waals surface area contributed by atoms with Gasteiger partial charge in [0, 0.05) is 0 Å². The fraction of sp³-hybridized carbons (Fsp3) is 0.909. The van der Waals surface area contributed by atoms with E-state index in [0.29, 0.717) is 10.8 Å². The minimum absolute atomic E-state index is 0.589. The normalized spacial score (nSPS) is 50.8. The second-order valence-electron chi connectivity index (χ2n) is 9.58. The van der Waals surface area contributed by atoms with Crippen molar-refractivity contribution in [2.75, 3.05) is 0 Å². The summed E-state index contributed by atoms with van der Waals surface area (Å²) in [6.07, 6.45) is 19.1. The van der Waals surface area contributed by atoms with E-state index in [1.807, 2.05) is 5.57 Å². The first-order chi connectivity index (χ1) is 10.6. The van der Waals surface area contributed by atoms with Crippen LogP contribution in [0.2, 0.25) is 0 Å². The molecule has 0 saturated heterocycles. The van der Waals surface area contributed by atoms with Crippen LogP contribution >= 0.6 is 0 Å². The maximum Gasteiger partial charge on any atom is -0.00853 e. The third kappa shape index (κ3) is 2.01. The number of rotatable bonds is 2. The van der Waals surface area contributed by atoms with E-state index in [1.54, 1.807) is 0 Å². The smallest absolute Gasteiger partial charge is 0.00853 e. The summed E-state index contributed by atoms with van der Waals surface area (Å²) in [4.78, 5) is 0. The molecule has 0 aromatic heterocycles. The first kappa shape index (κ1) is 15.3. The molecule has 0 aromatic carbocycles. The molecule has 0 heteroatoms. The van der Waals surface area contributed by atoms with E-state index >= 15 is 0 Å². The van der Waals surface area contributed by atoms with Crippen LogP contribution in [-0.4, -0.2) is 0 Å². The number of hydrogen-bond donors (Lipinski definition) is 0. The van der Waals surface area contributed by atoms with Gasteiger partial charge in [0.15, 0.2) is 0 Å². The molecule has 0 amide bonds. The molecule has 0 spiro atoms. The van der Waals surface area contributed by atoms with Crippen LogP contribution in [-0.2, 0) is 0 Å². The zero-order chi connectivity index (χ0) is 15.4. The van der Waals surface area contributed by atoms with Crippen LogP contribution < -0.4 is 0 Å². The fourth-order valence-corrected chi connectivity index (χ4v) is 7.49. The van der Waals surface area contributed by atoms with Crippen molar-refractivity contribution in [3.63, 3.8) is 0 Å². The third-order valence-electron chi connectivity index (χ3n) is 8.78. The van der Waals surface area contributed by atoms with E-state index in [-0.39, 0.29) is 0 Å². The van der Waals surface area contributed by atoms with Crippen molar-refractivity contribution in [1.82, 2.24) is 0 Å². The molecular weight excluding hydrogens is 264 g/mol. The van der Waals surface area contributed by atoms with E-state index in [1.165, 1.54) is 70.6 Å². The Kier molecular flexibility index (Phi) is 3.74. The lowest BCUT2D eigenvalue weighted by Crippen LogP contribution is -2.46. The van der Waals surface area contributed by atoms with Gasteiger partial charge in [-0.25, -0.2) is 0 Å². The predicted octanol–water partition coefficient (Wildman–Crippen LogP) is 6.76. The van der Waals surface area contributed by atoms with Crippen LogP contribution in [0, 0.1) is 34.5 Å². The topological polar surface area (TPSA) is 0 Å². The molecule has 0 bridgehead atoms. The molecule has 0 aromatic rings. The maximum atomic E-state index is 2.78. The predicted molar refractivity (Wildman–Crippen MR) is 94.7 cm³/mol. The number of fused-ring (bicyclic) bond motifs is 5. The average Bonchev–Trinajstić information content (AvgIpc) is 2.84. The van der Waals surface area contributed by atoms with Crippen LogP contribution in [0.1, 0.15) is 91.4 Å². The largest absolute Gasteiger partial charge is 0.0839 e. The second-order valence-corrected chi connectivity index (χ2v) is 9.58. The van der Waals surface area contributed by atoms with Crippen LogP contribution in [0.15, 0.2) is 11.6 Å². The molecule has 4 aliphatic carbocycles. The molecule has 3 saturated carbocycles. The van der Waals surface area contributed by atoms with E-state index in [2.05, 4.69) is 26.8 Å². The monoisotopic (exact) mass is 300 g/mol. The van der Waals surface area contributed by atoms with Crippen LogP contribution in [0.5, 0.6) is 0 Å². The van der Waals surface area contributed by atoms with Gasteiger partial charge in [0.2, 0.25) is 0 Å². The van der Waals surface area contributed by atoms with E-state index in [9.17, 15) is 0 Å². The van der Waals surface area contributed by atoms with Crippen molar-refractivity contribution >= 4 is 0 Å². The van der Waals surface area contributed by atoms with Gasteiger partial charge in [0.1, 0.15) is 0 Å².